The molecule has 200 valence electrons. The minimum atomic E-state index is -0.467. The van der Waals surface area contributed by atoms with Gasteiger partial charge in [0.1, 0.15) is 0 Å². The number of esters is 2. The molecule has 0 aliphatic carbocycles. The summed E-state index contributed by atoms with van der Waals surface area (Å²) in [5.41, 5.74) is 0.889. The molecule has 0 unspecified atom stereocenters. The van der Waals surface area contributed by atoms with Crippen LogP contribution in [0.1, 0.15) is 144 Å². The topological polar surface area (TPSA) is 52.6 Å². The molecular weight excluding hydrogens is 424 g/mol. The lowest BCUT2D eigenvalue weighted by Gasteiger charge is -2.17. The molecule has 0 spiro atoms. The quantitative estimate of drug-likeness (QED) is 0.0991. The average Bonchev–Trinajstić information content (AvgIpc) is 2.73. The molecule has 0 saturated heterocycles. The molecule has 0 aromatic heterocycles. The van der Waals surface area contributed by atoms with Crippen LogP contribution >= 0.6 is 0 Å². The Morgan fingerprint density at radius 1 is 0.471 bits per heavy atom. The van der Waals surface area contributed by atoms with Gasteiger partial charge in [-0.1, -0.05) is 119 Å². The fourth-order valence-electron chi connectivity index (χ4n) is 3.86. The van der Waals surface area contributed by atoms with E-state index in [1.54, 1.807) is 0 Å². The molecule has 0 bridgehead atoms. The van der Waals surface area contributed by atoms with Crippen molar-refractivity contribution in [2.24, 2.45) is 10.8 Å². The van der Waals surface area contributed by atoms with Crippen LogP contribution in [-0.4, -0.2) is 25.2 Å². The number of ether oxygens (including phenoxy) is 2. The summed E-state index contributed by atoms with van der Waals surface area (Å²) in [6.07, 6.45) is 21.6. The van der Waals surface area contributed by atoms with Crippen molar-refractivity contribution in [1.29, 1.82) is 0 Å². The van der Waals surface area contributed by atoms with Gasteiger partial charge in [0, 0.05) is 12.2 Å². The van der Waals surface area contributed by atoms with Crippen LogP contribution in [0.3, 0.4) is 0 Å². The Labute approximate surface area is 211 Å². The lowest BCUT2D eigenvalue weighted by atomic mass is 9.89. The summed E-state index contributed by atoms with van der Waals surface area (Å²) < 4.78 is 10.3. The fraction of sp³-hybridized carbons (Fsp3) is 0.867. The Morgan fingerprint density at radius 2 is 0.735 bits per heavy atom. The molecule has 0 aliphatic heterocycles. The molecule has 0 N–H and O–H groups in total. The van der Waals surface area contributed by atoms with Gasteiger partial charge in [0.05, 0.1) is 13.2 Å². The van der Waals surface area contributed by atoms with Crippen LogP contribution in [0.5, 0.6) is 0 Å². The Morgan fingerprint density at radius 3 is 1.03 bits per heavy atom. The molecular formula is C30H56O4. The SMILES string of the molecule is CC(C)(C)CCCCCCCCCOC(=O)/C=C\C(=O)OCCCCCCCCCC(C)(C)C. The molecule has 4 nitrogen and oxygen atoms in total. The van der Waals surface area contributed by atoms with E-state index in [2.05, 4.69) is 41.5 Å². The lowest BCUT2D eigenvalue weighted by molar-refractivity contribution is -0.140. The van der Waals surface area contributed by atoms with E-state index in [4.69, 9.17) is 9.47 Å². The molecule has 0 saturated carbocycles. The van der Waals surface area contributed by atoms with Gasteiger partial charge < -0.3 is 9.47 Å². The number of hydrogen-bond donors (Lipinski definition) is 0. The monoisotopic (exact) mass is 480 g/mol. The summed E-state index contributed by atoms with van der Waals surface area (Å²) in [5.74, 6) is -0.934. The van der Waals surface area contributed by atoms with E-state index in [1.165, 1.54) is 89.2 Å². The predicted molar refractivity (Wildman–Crippen MR) is 144 cm³/mol. The summed E-state index contributed by atoms with van der Waals surface area (Å²) in [6, 6.07) is 0. The molecule has 0 atom stereocenters. The van der Waals surface area contributed by atoms with Crippen molar-refractivity contribution in [3.8, 4) is 0 Å². The van der Waals surface area contributed by atoms with Gasteiger partial charge in [-0.2, -0.15) is 0 Å². The zero-order valence-corrected chi connectivity index (χ0v) is 23.5. The van der Waals surface area contributed by atoms with E-state index in [0.29, 0.717) is 24.0 Å². The van der Waals surface area contributed by atoms with Crippen LogP contribution in [0.25, 0.3) is 0 Å². The Balaban J connectivity index is 3.47. The molecule has 0 aliphatic rings. The van der Waals surface area contributed by atoms with Crippen molar-refractivity contribution in [3.05, 3.63) is 12.2 Å². The molecule has 0 fully saturated rings. The molecule has 0 heterocycles. The summed E-state index contributed by atoms with van der Waals surface area (Å²) in [7, 11) is 0. The van der Waals surface area contributed by atoms with Gasteiger partial charge in [-0.15, -0.1) is 0 Å². The molecule has 0 aromatic rings. The second kappa shape index (κ2) is 19.9. The van der Waals surface area contributed by atoms with Gasteiger partial charge in [0.2, 0.25) is 0 Å². The van der Waals surface area contributed by atoms with E-state index in [1.807, 2.05) is 0 Å². The average molecular weight is 481 g/mol. The lowest BCUT2D eigenvalue weighted by Crippen LogP contribution is -2.06. The fourth-order valence-corrected chi connectivity index (χ4v) is 3.86. The van der Waals surface area contributed by atoms with Crippen LogP contribution in [0.2, 0.25) is 0 Å². The van der Waals surface area contributed by atoms with E-state index in [-0.39, 0.29) is 0 Å². The maximum atomic E-state index is 11.7. The maximum absolute atomic E-state index is 11.7. The van der Waals surface area contributed by atoms with Crippen molar-refractivity contribution in [1.82, 2.24) is 0 Å². The van der Waals surface area contributed by atoms with E-state index < -0.39 is 11.9 Å². The highest BCUT2D eigenvalue weighted by atomic mass is 16.5. The number of rotatable bonds is 20. The predicted octanol–water partition coefficient (Wildman–Crippen LogP) is 8.96. The minimum absolute atomic E-state index is 0.415. The first kappa shape index (κ1) is 32.7. The first-order valence-corrected chi connectivity index (χ1v) is 14.0. The maximum Gasteiger partial charge on any atom is 0.331 e. The number of hydrogen-bond acceptors (Lipinski definition) is 4. The van der Waals surface area contributed by atoms with Crippen LogP contribution in [-0.2, 0) is 19.1 Å². The second-order valence-electron chi connectivity index (χ2n) is 12.2. The van der Waals surface area contributed by atoms with Crippen LogP contribution in [0.4, 0.5) is 0 Å². The Kier molecular flexibility index (Phi) is 19.2. The van der Waals surface area contributed by atoms with Crippen LogP contribution in [0.15, 0.2) is 12.2 Å². The van der Waals surface area contributed by atoms with Gasteiger partial charge in [-0.25, -0.2) is 9.59 Å². The van der Waals surface area contributed by atoms with E-state index in [0.717, 1.165) is 25.7 Å². The van der Waals surface area contributed by atoms with Crippen LogP contribution in [0, 0.1) is 10.8 Å². The van der Waals surface area contributed by atoms with Crippen molar-refractivity contribution in [2.75, 3.05) is 13.2 Å². The summed E-state index contributed by atoms with van der Waals surface area (Å²) in [5, 5.41) is 0. The Bertz CT molecular complexity index is 489. The zero-order chi connectivity index (χ0) is 25.7. The summed E-state index contributed by atoms with van der Waals surface area (Å²) in [6.45, 7) is 14.6. The standard InChI is InChI=1S/C30H56O4/c1-29(2,3)23-17-13-9-7-11-15-19-25-33-27(31)21-22-28(32)34-26-20-16-12-8-10-14-18-24-30(4,5)6/h21-22H,7-20,23-26H2,1-6H3/b22-21-. The molecule has 0 rings (SSSR count). The highest BCUT2D eigenvalue weighted by Gasteiger charge is 2.09. The second-order valence-corrected chi connectivity index (χ2v) is 12.2. The number of carbonyl (C=O) groups is 2. The molecule has 0 aromatic carbocycles. The Hall–Kier alpha value is -1.32. The third-order valence-electron chi connectivity index (χ3n) is 5.99. The minimum Gasteiger partial charge on any atom is -0.463 e. The largest absolute Gasteiger partial charge is 0.463 e. The third-order valence-corrected chi connectivity index (χ3v) is 5.99. The number of unbranched alkanes of at least 4 members (excludes halogenated alkanes) is 12. The first-order chi connectivity index (χ1) is 16.0. The molecule has 0 amide bonds. The normalized spacial score (nSPS) is 12.3. The van der Waals surface area contributed by atoms with Crippen molar-refractivity contribution in [2.45, 2.75) is 144 Å². The molecule has 0 radical (unpaired) electrons. The van der Waals surface area contributed by atoms with Gasteiger partial charge in [0.15, 0.2) is 0 Å². The molecule has 4 heteroatoms. The summed E-state index contributed by atoms with van der Waals surface area (Å²) in [4.78, 5) is 23.4. The highest BCUT2D eigenvalue weighted by molar-refractivity contribution is 5.91. The van der Waals surface area contributed by atoms with Gasteiger partial charge >= 0.3 is 11.9 Å². The smallest absolute Gasteiger partial charge is 0.331 e. The van der Waals surface area contributed by atoms with Crippen molar-refractivity contribution < 1.29 is 19.1 Å². The van der Waals surface area contributed by atoms with Gasteiger partial charge in [0.25, 0.3) is 0 Å². The van der Waals surface area contributed by atoms with Gasteiger partial charge in [-0.3, -0.25) is 0 Å². The van der Waals surface area contributed by atoms with E-state index in [9.17, 15) is 9.59 Å². The molecule has 34 heavy (non-hydrogen) atoms. The van der Waals surface area contributed by atoms with Crippen LogP contribution < -0.4 is 0 Å². The number of carbonyl (C=O) groups excluding carboxylic acids is 2. The highest BCUT2D eigenvalue weighted by Crippen LogP contribution is 2.23. The summed E-state index contributed by atoms with van der Waals surface area (Å²) >= 11 is 0. The zero-order valence-electron chi connectivity index (χ0n) is 23.5. The van der Waals surface area contributed by atoms with Crippen molar-refractivity contribution >= 4 is 11.9 Å². The van der Waals surface area contributed by atoms with Gasteiger partial charge in [-0.05, 0) is 36.5 Å². The van der Waals surface area contributed by atoms with E-state index >= 15 is 0 Å². The van der Waals surface area contributed by atoms with Crippen molar-refractivity contribution in [3.63, 3.8) is 0 Å². The first-order valence-electron chi connectivity index (χ1n) is 14.0. The third kappa shape index (κ3) is 26.9.